The first-order valence-corrected chi connectivity index (χ1v) is 6.01. The largest absolute Gasteiger partial charge is 0.370 e. The summed E-state index contributed by atoms with van der Waals surface area (Å²) in [6.07, 6.45) is 0.915. The second-order valence-electron chi connectivity index (χ2n) is 4.51. The van der Waals surface area contributed by atoms with Gasteiger partial charge in [0.15, 0.2) is 0 Å². The van der Waals surface area contributed by atoms with E-state index >= 15 is 0 Å². The maximum absolute atomic E-state index is 11.0. The van der Waals surface area contributed by atoms with Crippen molar-refractivity contribution in [1.29, 1.82) is 0 Å². The maximum Gasteiger partial charge on any atom is 0.150 e. The average molecular weight is 239 g/mol. The van der Waals surface area contributed by atoms with E-state index in [-0.39, 0.29) is 0 Å². The lowest BCUT2D eigenvalue weighted by atomic mass is 10.1. The van der Waals surface area contributed by atoms with Crippen LogP contribution in [0.3, 0.4) is 0 Å². The molecule has 0 fully saturated rings. The molecule has 0 spiro atoms. The Hall–Kier alpha value is -2.09. The Balaban J connectivity index is 2.18. The molecule has 92 valence electrons. The molecule has 18 heavy (non-hydrogen) atoms. The van der Waals surface area contributed by atoms with Crippen molar-refractivity contribution in [2.24, 2.45) is 0 Å². The summed E-state index contributed by atoms with van der Waals surface area (Å²) in [5.41, 5.74) is 4.22. The van der Waals surface area contributed by atoms with Gasteiger partial charge in [0.25, 0.3) is 0 Å². The molecule has 0 heterocycles. The van der Waals surface area contributed by atoms with Gasteiger partial charge in [-0.25, -0.2) is 0 Å². The Morgan fingerprint density at radius 1 is 1.06 bits per heavy atom. The lowest BCUT2D eigenvalue weighted by Crippen LogP contribution is -2.17. The highest BCUT2D eigenvalue weighted by molar-refractivity contribution is 5.77. The first-order chi connectivity index (χ1) is 8.70. The Bertz CT molecular complexity index is 531. The van der Waals surface area contributed by atoms with Crippen molar-refractivity contribution in [1.82, 2.24) is 0 Å². The molecule has 0 unspecified atom stereocenters. The van der Waals surface area contributed by atoms with Crippen LogP contribution in [0.15, 0.2) is 48.5 Å². The summed E-state index contributed by atoms with van der Waals surface area (Å²) in [7, 11) is 2.03. The lowest BCUT2D eigenvalue weighted by molar-refractivity contribution is 0.112. The number of aryl methyl sites for hydroxylation is 1. The van der Waals surface area contributed by atoms with Gasteiger partial charge in [0.1, 0.15) is 6.29 Å². The number of aldehydes is 1. The third kappa shape index (κ3) is 2.77. The highest BCUT2D eigenvalue weighted by Gasteiger charge is 2.05. The van der Waals surface area contributed by atoms with E-state index in [0.29, 0.717) is 0 Å². The van der Waals surface area contributed by atoms with E-state index in [1.54, 1.807) is 0 Å². The molecule has 0 aliphatic rings. The van der Waals surface area contributed by atoms with Crippen molar-refractivity contribution < 1.29 is 4.79 Å². The fourth-order valence-electron chi connectivity index (χ4n) is 1.94. The summed E-state index contributed by atoms with van der Waals surface area (Å²) >= 11 is 0. The van der Waals surface area contributed by atoms with E-state index in [0.717, 1.165) is 29.6 Å². The van der Waals surface area contributed by atoms with Crippen LogP contribution in [-0.4, -0.2) is 13.3 Å². The molecular weight excluding hydrogens is 222 g/mol. The van der Waals surface area contributed by atoms with Crippen LogP contribution in [0, 0.1) is 6.92 Å². The standard InChI is InChI=1S/C16H17NO/c1-13-7-9-16(10-8-13)17(2)11-14-5-3-4-6-15(14)12-18/h3-10,12H,11H2,1-2H3. The fraction of sp³-hybridized carbons (Fsp3) is 0.188. The van der Waals surface area contributed by atoms with Crippen molar-refractivity contribution >= 4 is 12.0 Å². The van der Waals surface area contributed by atoms with Crippen LogP contribution in [0.4, 0.5) is 5.69 Å². The van der Waals surface area contributed by atoms with Gasteiger partial charge < -0.3 is 4.90 Å². The van der Waals surface area contributed by atoms with Crippen molar-refractivity contribution in [3.8, 4) is 0 Å². The third-order valence-electron chi connectivity index (χ3n) is 3.06. The molecule has 2 nitrogen and oxygen atoms in total. The fourth-order valence-corrected chi connectivity index (χ4v) is 1.94. The Labute approximate surface area is 108 Å². The van der Waals surface area contributed by atoms with Gasteiger partial charge in [-0.05, 0) is 24.6 Å². The molecule has 2 rings (SSSR count). The van der Waals surface area contributed by atoms with E-state index in [4.69, 9.17) is 0 Å². The molecular formula is C16H17NO. The molecule has 2 aromatic rings. The zero-order chi connectivity index (χ0) is 13.0. The molecule has 0 saturated heterocycles. The SMILES string of the molecule is Cc1ccc(N(C)Cc2ccccc2C=O)cc1. The molecule has 2 heteroatoms. The molecule has 0 atom stereocenters. The minimum atomic E-state index is 0.734. The first-order valence-electron chi connectivity index (χ1n) is 6.01. The summed E-state index contributed by atoms with van der Waals surface area (Å²) in [6.45, 7) is 2.81. The monoisotopic (exact) mass is 239 g/mol. The van der Waals surface area contributed by atoms with Crippen LogP contribution in [-0.2, 0) is 6.54 Å². The van der Waals surface area contributed by atoms with Crippen molar-refractivity contribution in [2.45, 2.75) is 13.5 Å². The van der Waals surface area contributed by atoms with Gasteiger partial charge in [-0.1, -0.05) is 42.0 Å². The minimum Gasteiger partial charge on any atom is -0.370 e. The second kappa shape index (κ2) is 5.50. The van der Waals surface area contributed by atoms with Gasteiger partial charge in [0.05, 0.1) is 0 Å². The van der Waals surface area contributed by atoms with Gasteiger partial charge in [-0.15, -0.1) is 0 Å². The molecule has 0 amide bonds. The molecule has 0 aliphatic heterocycles. The van der Waals surface area contributed by atoms with E-state index in [1.165, 1.54) is 5.56 Å². The predicted octanol–water partition coefficient (Wildman–Crippen LogP) is 3.44. The molecule has 0 aromatic heterocycles. The molecule has 2 aromatic carbocycles. The number of hydrogen-bond donors (Lipinski definition) is 0. The molecule has 0 N–H and O–H groups in total. The number of anilines is 1. The number of rotatable bonds is 4. The third-order valence-corrected chi connectivity index (χ3v) is 3.06. The Morgan fingerprint density at radius 2 is 1.72 bits per heavy atom. The maximum atomic E-state index is 11.0. The van der Waals surface area contributed by atoms with Crippen LogP contribution < -0.4 is 4.90 Å². The number of hydrogen-bond acceptors (Lipinski definition) is 2. The Morgan fingerprint density at radius 3 is 2.39 bits per heavy atom. The van der Waals surface area contributed by atoms with Gasteiger partial charge in [0.2, 0.25) is 0 Å². The van der Waals surface area contributed by atoms with Crippen LogP contribution in [0.1, 0.15) is 21.5 Å². The smallest absolute Gasteiger partial charge is 0.150 e. The summed E-state index contributed by atoms with van der Waals surface area (Å²) in [5.74, 6) is 0. The average Bonchev–Trinajstić information content (AvgIpc) is 2.40. The second-order valence-corrected chi connectivity index (χ2v) is 4.51. The van der Waals surface area contributed by atoms with Crippen molar-refractivity contribution in [3.05, 3.63) is 65.2 Å². The number of nitrogens with zero attached hydrogens (tertiary/aromatic N) is 1. The number of carbonyl (C=O) groups excluding carboxylic acids is 1. The van der Waals surface area contributed by atoms with Crippen molar-refractivity contribution in [3.63, 3.8) is 0 Å². The van der Waals surface area contributed by atoms with E-state index in [2.05, 4.69) is 36.1 Å². The van der Waals surface area contributed by atoms with E-state index in [9.17, 15) is 4.79 Å². The zero-order valence-corrected chi connectivity index (χ0v) is 10.8. The highest BCUT2D eigenvalue weighted by Crippen LogP contribution is 2.17. The topological polar surface area (TPSA) is 20.3 Å². The molecule has 0 bridgehead atoms. The summed E-state index contributed by atoms with van der Waals surface area (Å²) in [6, 6.07) is 16.1. The van der Waals surface area contributed by atoms with E-state index in [1.807, 2.05) is 31.3 Å². The summed E-state index contributed by atoms with van der Waals surface area (Å²) < 4.78 is 0. The quantitative estimate of drug-likeness (QED) is 0.762. The Kier molecular flexibility index (Phi) is 3.78. The lowest BCUT2D eigenvalue weighted by Gasteiger charge is -2.20. The number of benzene rings is 2. The van der Waals surface area contributed by atoms with Crippen molar-refractivity contribution in [2.75, 3.05) is 11.9 Å². The number of carbonyl (C=O) groups is 1. The highest BCUT2D eigenvalue weighted by atomic mass is 16.1. The first kappa shape index (κ1) is 12.4. The molecule has 0 aliphatic carbocycles. The van der Waals surface area contributed by atoms with Gasteiger partial charge in [0, 0.05) is 24.8 Å². The summed E-state index contributed by atoms with van der Waals surface area (Å²) in [5, 5.41) is 0. The van der Waals surface area contributed by atoms with Crippen LogP contribution >= 0.6 is 0 Å². The minimum absolute atomic E-state index is 0.734. The van der Waals surface area contributed by atoms with E-state index < -0.39 is 0 Å². The van der Waals surface area contributed by atoms with Crippen LogP contribution in [0.2, 0.25) is 0 Å². The van der Waals surface area contributed by atoms with Crippen LogP contribution in [0.25, 0.3) is 0 Å². The van der Waals surface area contributed by atoms with Gasteiger partial charge in [-0.2, -0.15) is 0 Å². The van der Waals surface area contributed by atoms with Crippen LogP contribution in [0.5, 0.6) is 0 Å². The molecule has 0 saturated carbocycles. The predicted molar refractivity (Wildman–Crippen MR) is 75.1 cm³/mol. The van der Waals surface area contributed by atoms with Gasteiger partial charge >= 0.3 is 0 Å². The normalized spacial score (nSPS) is 10.1. The zero-order valence-electron chi connectivity index (χ0n) is 10.8. The van der Waals surface area contributed by atoms with Gasteiger partial charge in [-0.3, -0.25) is 4.79 Å². The summed E-state index contributed by atoms with van der Waals surface area (Å²) in [4.78, 5) is 13.1. The molecule has 0 radical (unpaired) electrons.